The molecule has 1 amide bonds. The van der Waals surface area contributed by atoms with Gasteiger partial charge in [0.25, 0.3) is 0 Å². The molecule has 1 rings (SSSR count). The van der Waals surface area contributed by atoms with Crippen LogP contribution in [0.15, 0.2) is 42.5 Å². The average molecular weight is 217 g/mol. The quantitative estimate of drug-likeness (QED) is 0.769. The highest BCUT2D eigenvalue weighted by molar-refractivity contribution is 5.92. The van der Waals surface area contributed by atoms with Crippen LogP contribution in [0.1, 0.15) is 20.8 Å². The van der Waals surface area contributed by atoms with Crippen molar-refractivity contribution in [3.05, 3.63) is 42.5 Å². The van der Waals surface area contributed by atoms with Gasteiger partial charge in [0.15, 0.2) is 0 Å². The lowest BCUT2D eigenvalue weighted by Gasteiger charge is -2.19. The minimum Gasteiger partial charge on any atom is -0.326 e. The molecule has 1 aromatic rings. The SMILES string of the molecule is C=C(C)[C@@H](C)[C@@H](C)C(=O)Nc1ccccc1. The molecule has 2 nitrogen and oxygen atoms in total. The minimum atomic E-state index is -0.0577. The molecular formula is C14H19NO. The van der Waals surface area contributed by atoms with Crippen molar-refractivity contribution in [3.63, 3.8) is 0 Å². The number of anilines is 1. The molecule has 0 spiro atoms. The Morgan fingerprint density at radius 2 is 1.75 bits per heavy atom. The average Bonchev–Trinajstić information content (AvgIpc) is 2.28. The van der Waals surface area contributed by atoms with Crippen molar-refractivity contribution in [1.29, 1.82) is 0 Å². The van der Waals surface area contributed by atoms with Crippen LogP contribution in [0.3, 0.4) is 0 Å². The van der Waals surface area contributed by atoms with Crippen LogP contribution in [0.5, 0.6) is 0 Å². The second-order valence-electron chi connectivity index (χ2n) is 4.28. The van der Waals surface area contributed by atoms with Crippen LogP contribution in [0, 0.1) is 11.8 Å². The first-order valence-corrected chi connectivity index (χ1v) is 5.53. The summed E-state index contributed by atoms with van der Waals surface area (Å²) in [6.07, 6.45) is 0. The number of hydrogen-bond donors (Lipinski definition) is 1. The third-order valence-electron chi connectivity index (χ3n) is 2.98. The number of allylic oxidation sites excluding steroid dienone is 1. The topological polar surface area (TPSA) is 29.1 Å². The largest absolute Gasteiger partial charge is 0.326 e. The summed E-state index contributed by atoms with van der Waals surface area (Å²) in [5.41, 5.74) is 1.88. The van der Waals surface area contributed by atoms with Gasteiger partial charge in [-0.15, -0.1) is 0 Å². The molecule has 16 heavy (non-hydrogen) atoms. The van der Waals surface area contributed by atoms with Crippen molar-refractivity contribution in [2.75, 3.05) is 5.32 Å². The van der Waals surface area contributed by atoms with Gasteiger partial charge >= 0.3 is 0 Å². The molecule has 1 aromatic carbocycles. The molecule has 0 saturated heterocycles. The molecule has 0 saturated carbocycles. The molecule has 86 valence electrons. The number of rotatable bonds is 4. The van der Waals surface area contributed by atoms with Crippen molar-refractivity contribution in [2.24, 2.45) is 11.8 Å². The molecule has 0 fully saturated rings. The molecule has 2 atom stereocenters. The maximum absolute atomic E-state index is 11.9. The van der Waals surface area contributed by atoms with E-state index in [9.17, 15) is 4.79 Å². The monoisotopic (exact) mass is 217 g/mol. The summed E-state index contributed by atoms with van der Waals surface area (Å²) < 4.78 is 0. The Kier molecular flexibility index (Phi) is 4.29. The zero-order chi connectivity index (χ0) is 12.1. The lowest BCUT2D eigenvalue weighted by atomic mass is 9.89. The molecule has 0 aromatic heterocycles. The molecule has 0 aliphatic rings. The maximum atomic E-state index is 11.9. The smallest absolute Gasteiger partial charge is 0.227 e. The summed E-state index contributed by atoms with van der Waals surface area (Å²) in [6, 6.07) is 9.51. The lowest BCUT2D eigenvalue weighted by molar-refractivity contribution is -0.120. The molecule has 0 aliphatic carbocycles. The zero-order valence-corrected chi connectivity index (χ0v) is 10.2. The highest BCUT2D eigenvalue weighted by Gasteiger charge is 2.20. The predicted octanol–water partition coefficient (Wildman–Crippen LogP) is 3.47. The molecule has 0 radical (unpaired) electrons. The molecule has 0 heterocycles. The third kappa shape index (κ3) is 3.23. The van der Waals surface area contributed by atoms with Crippen molar-refractivity contribution >= 4 is 11.6 Å². The second kappa shape index (κ2) is 5.50. The summed E-state index contributed by atoms with van der Waals surface area (Å²) >= 11 is 0. The van der Waals surface area contributed by atoms with E-state index in [4.69, 9.17) is 0 Å². The van der Waals surface area contributed by atoms with E-state index in [0.717, 1.165) is 11.3 Å². The first kappa shape index (κ1) is 12.5. The first-order chi connectivity index (χ1) is 7.52. The zero-order valence-electron chi connectivity index (χ0n) is 10.2. The van der Waals surface area contributed by atoms with Crippen molar-refractivity contribution in [1.82, 2.24) is 0 Å². The van der Waals surface area contributed by atoms with Gasteiger partial charge in [0.1, 0.15) is 0 Å². The summed E-state index contributed by atoms with van der Waals surface area (Å²) in [6.45, 7) is 9.79. The third-order valence-corrected chi connectivity index (χ3v) is 2.98. The molecular weight excluding hydrogens is 198 g/mol. The maximum Gasteiger partial charge on any atom is 0.227 e. The van der Waals surface area contributed by atoms with E-state index in [1.165, 1.54) is 0 Å². The van der Waals surface area contributed by atoms with Gasteiger partial charge < -0.3 is 5.32 Å². The standard InChI is InChI=1S/C14H19NO/c1-10(2)11(3)12(4)14(16)15-13-8-6-5-7-9-13/h5-9,11-12H,1H2,2-4H3,(H,15,16)/t11-,12-/m1/s1. The van der Waals surface area contributed by atoms with Gasteiger partial charge in [-0.25, -0.2) is 0 Å². The number of nitrogens with one attached hydrogen (secondary N) is 1. The Morgan fingerprint density at radius 1 is 1.19 bits per heavy atom. The fourth-order valence-electron chi connectivity index (χ4n) is 1.43. The van der Waals surface area contributed by atoms with Gasteiger partial charge in [0.2, 0.25) is 5.91 Å². The highest BCUT2D eigenvalue weighted by atomic mass is 16.1. The molecule has 2 heteroatoms. The first-order valence-electron chi connectivity index (χ1n) is 5.53. The summed E-state index contributed by atoms with van der Waals surface area (Å²) in [7, 11) is 0. The Balaban J connectivity index is 2.63. The van der Waals surface area contributed by atoms with Crippen molar-refractivity contribution in [2.45, 2.75) is 20.8 Å². The van der Waals surface area contributed by atoms with Crippen LogP contribution in [0.4, 0.5) is 5.69 Å². The predicted molar refractivity (Wildman–Crippen MR) is 68.2 cm³/mol. The van der Waals surface area contributed by atoms with E-state index in [1.807, 2.05) is 51.1 Å². The Hall–Kier alpha value is -1.57. The second-order valence-corrected chi connectivity index (χ2v) is 4.28. The van der Waals surface area contributed by atoms with E-state index in [-0.39, 0.29) is 17.7 Å². The number of benzene rings is 1. The van der Waals surface area contributed by atoms with Gasteiger partial charge in [-0.1, -0.05) is 44.2 Å². The normalized spacial score (nSPS) is 13.9. The molecule has 0 aliphatic heterocycles. The lowest BCUT2D eigenvalue weighted by Crippen LogP contribution is -2.26. The number of carbonyl (C=O) groups is 1. The van der Waals surface area contributed by atoms with Crippen LogP contribution >= 0.6 is 0 Å². The number of amides is 1. The highest BCUT2D eigenvalue weighted by Crippen LogP contribution is 2.20. The van der Waals surface area contributed by atoms with Crippen LogP contribution < -0.4 is 5.32 Å². The van der Waals surface area contributed by atoms with Crippen LogP contribution in [-0.4, -0.2) is 5.91 Å². The van der Waals surface area contributed by atoms with Gasteiger partial charge in [-0.3, -0.25) is 4.79 Å². The molecule has 0 bridgehead atoms. The molecule has 1 N–H and O–H groups in total. The Labute approximate surface area is 97.4 Å². The number of hydrogen-bond acceptors (Lipinski definition) is 1. The fraction of sp³-hybridized carbons (Fsp3) is 0.357. The minimum absolute atomic E-state index is 0.0432. The number of carbonyl (C=O) groups excluding carboxylic acids is 1. The van der Waals surface area contributed by atoms with Crippen molar-refractivity contribution in [3.8, 4) is 0 Å². The summed E-state index contributed by atoms with van der Waals surface area (Å²) in [5.74, 6) is 0.183. The van der Waals surface area contributed by atoms with Crippen LogP contribution in [-0.2, 0) is 4.79 Å². The summed E-state index contributed by atoms with van der Waals surface area (Å²) in [4.78, 5) is 11.9. The number of para-hydroxylation sites is 1. The van der Waals surface area contributed by atoms with Crippen LogP contribution in [0.25, 0.3) is 0 Å². The van der Waals surface area contributed by atoms with E-state index < -0.39 is 0 Å². The van der Waals surface area contributed by atoms with E-state index in [1.54, 1.807) is 0 Å². The van der Waals surface area contributed by atoms with Crippen molar-refractivity contribution < 1.29 is 4.79 Å². The van der Waals surface area contributed by atoms with Gasteiger partial charge in [0, 0.05) is 11.6 Å². The Morgan fingerprint density at radius 3 is 2.25 bits per heavy atom. The van der Waals surface area contributed by atoms with E-state index in [2.05, 4.69) is 11.9 Å². The van der Waals surface area contributed by atoms with E-state index >= 15 is 0 Å². The van der Waals surface area contributed by atoms with Gasteiger partial charge in [-0.2, -0.15) is 0 Å². The Bertz CT molecular complexity index is 370. The van der Waals surface area contributed by atoms with Gasteiger partial charge in [0.05, 0.1) is 0 Å². The van der Waals surface area contributed by atoms with Crippen LogP contribution in [0.2, 0.25) is 0 Å². The van der Waals surface area contributed by atoms with E-state index in [0.29, 0.717) is 0 Å². The fourth-order valence-corrected chi connectivity index (χ4v) is 1.43. The summed E-state index contributed by atoms with van der Waals surface area (Å²) in [5, 5.41) is 2.90. The molecule has 0 unspecified atom stereocenters. The van der Waals surface area contributed by atoms with Gasteiger partial charge in [-0.05, 0) is 25.0 Å².